The molecule has 3 aromatic carbocycles. The number of nitrogens with zero attached hydrogens (tertiary/aromatic N) is 4. The Labute approximate surface area is 206 Å². The molecule has 1 aliphatic carbocycles. The van der Waals surface area contributed by atoms with Crippen LogP contribution in [0.2, 0.25) is 0 Å². The van der Waals surface area contributed by atoms with Crippen LogP contribution in [0.1, 0.15) is 26.5 Å². The van der Waals surface area contributed by atoms with Crippen molar-refractivity contribution in [1.82, 2.24) is 19.5 Å². The number of ketones is 2. The van der Waals surface area contributed by atoms with Crippen LogP contribution in [0.5, 0.6) is 0 Å². The summed E-state index contributed by atoms with van der Waals surface area (Å²) in [6, 6.07) is 21.0. The number of aromatic nitrogens is 4. The van der Waals surface area contributed by atoms with Gasteiger partial charge in [-0.3, -0.25) is 14.2 Å². The molecule has 166 valence electrons. The topological polar surface area (TPSA) is 77.7 Å². The molecule has 1 aliphatic rings. The zero-order chi connectivity index (χ0) is 23.5. The Balaban J connectivity index is 1.41. The van der Waals surface area contributed by atoms with E-state index in [-0.39, 0.29) is 17.1 Å². The Kier molecular flexibility index (Phi) is 4.39. The molecule has 0 bridgehead atoms. The number of hydrogen-bond donors (Lipinski definition) is 0. The van der Waals surface area contributed by atoms with Gasteiger partial charge in [0.25, 0.3) is 0 Å². The number of allylic oxidation sites excluding steroid dienone is 1. The van der Waals surface area contributed by atoms with Crippen LogP contribution in [0.3, 0.4) is 0 Å². The molecule has 0 fully saturated rings. The van der Waals surface area contributed by atoms with Crippen molar-refractivity contribution >= 4 is 61.6 Å². The lowest BCUT2D eigenvalue weighted by Gasteiger charge is -2.06. The van der Waals surface area contributed by atoms with Gasteiger partial charge in [-0.05, 0) is 41.1 Å². The highest BCUT2D eigenvalue weighted by Gasteiger charge is 2.34. The SMILES string of the molecule is O=C1C(=Cc2nc3sc(-c4nccs4)nc3n2-c2ccccc2)C(=O)c2cc3ccccc3cc21. The molecule has 0 spiro atoms. The summed E-state index contributed by atoms with van der Waals surface area (Å²) in [6.45, 7) is 0. The first-order valence-electron chi connectivity index (χ1n) is 10.9. The van der Waals surface area contributed by atoms with E-state index >= 15 is 0 Å². The van der Waals surface area contributed by atoms with Gasteiger partial charge in [0.2, 0.25) is 0 Å². The highest BCUT2D eigenvalue weighted by Crippen LogP contribution is 2.35. The number of carbonyl (C=O) groups is 2. The third-order valence-corrected chi connectivity index (χ3v) is 7.87. The first-order chi connectivity index (χ1) is 17.2. The maximum absolute atomic E-state index is 13.3. The second-order valence-electron chi connectivity index (χ2n) is 8.09. The molecule has 3 heterocycles. The van der Waals surface area contributed by atoms with Gasteiger partial charge in [-0.25, -0.2) is 15.0 Å². The summed E-state index contributed by atoms with van der Waals surface area (Å²) in [6.07, 6.45) is 3.35. The summed E-state index contributed by atoms with van der Waals surface area (Å²) in [5, 5.41) is 5.39. The Morgan fingerprint density at radius 2 is 1.49 bits per heavy atom. The Morgan fingerprint density at radius 1 is 0.800 bits per heavy atom. The van der Waals surface area contributed by atoms with Crippen LogP contribution >= 0.6 is 22.7 Å². The molecule has 6 aromatic rings. The third kappa shape index (κ3) is 3.11. The minimum atomic E-state index is -0.279. The van der Waals surface area contributed by atoms with Crippen LogP contribution in [-0.2, 0) is 0 Å². The minimum absolute atomic E-state index is 0.116. The smallest absolute Gasteiger partial charge is 0.197 e. The van der Waals surface area contributed by atoms with Gasteiger partial charge in [-0.2, -0.15) is 0 Å². The van der Waals surface area contributed by atoms with Crippen molar-refractivity contribution in [3.63, 3.8) is 0 Å². The van der Waals surface area contributed by atoms with Crippen molar-refractivity contribution in [2.75, 3.05) is 0 Å². The summed E-state index contributed by atoms with van der Waals surface area (Å²) in [5.41, 5.74) is 2.50. The maximum Gasteiger partial charge on any atom is 0.197 e. The fourth-order valence-electron chi connectivity index (χ4n) is 4.40. The van der Waals surface area contributed by atoms with Crippen LogP contribution < -0.4 is 0 Å². The zero-order valence-electron chi connectivity index (χ0n) is 18.0. The van der Waals surface area contributed by atoms with Crippen LogP contribution in [0.25, 0.3) is 43.0 Å². The van der Waals surface area contributed by atoms with Gasteiger partial charge in [-0.1, -0.05) is 53.8 Å². The van der Waals surface area contributed by atoms with Crippen molar-refractivity contribution in [3.05, 3.63) is 101 Å². The lowest BCUT2D eigenvalue weighted by atomic mass is 10.0. The lowest BCUT2D eigenvalue weighted by molar-refractivity contribution is 0.0990. The van der Waals surface area contributed by atoms with Gasteiger partial charge in [0.05, 0.1) is 5.57 Å². The number of carbonyl (C=O) groups excluding carboxylic acids is 2. The largest absolute Gasteiger partial charge is 0.288 e. The highest BCUT2D eigenvalue weighted by atomic mass is 32.1. The number of hydrogen-bond acceptors (Lipinski definition) is 7. The van der Waals surface area contributed by atoms with E-state index in [2.05, 4.69) is 4.98 Å². The Hall–Kier alpha value is -4.27. The molecule has 0 saturated heterocycles. The predicted octanol–water partition coefficient (Wildman–Crippen LogP) is 6.22. The monoisotopic (exact) mass is 490 g/mol. The van der Waals surface area contributed by atoms with E-state index < -0.39 is 0 Å². The van der Waals surface area contributed by atoms with E-state index in [4.69, 9.17) is 9.97 Å². The van der Waals surface area contributed by atoms with Gasteiger partial charge < -0.3 is 0 Å². The number of Topliss-reactive ketones (excluding diaryl/α,β-unsaturated/α-hetero) is 2. The van der Waals surface area contributed by atoms with Crippen LogP contribution in [0, 0.1) is 0 Å². The number of thiazole rings is 2. The van der Waals surface area contributed by atoms with Crippen LogP contribution in [-0.4, -0.2) is 31.1 Å². The summed E-state index contributed by atoms with van der Waals surface area (Å²) in [5.74, 6) is -0.0685. The number of imidazole rings is 1. The van der Waals surface area contributed by atoms with Gasteiger partial charge in [0, 0.05) is 28.4 Å². The van der Waals surface area contributed by atoms with E-state index in [1.807, 2.05) is 64.5 Å². The van der Waals surface area contributed by atoms with Crippen LogP contribution in [0.15, 0.2) is 83.9 Å². The quantitative estimate of drug-likeness (QED) is 0.217. The Morgan fingerprint density at radius 3 is 2.14 bits per heavy atom. The van der Waals surface area contributed by atoms with E-state index in [0.717, 1.165) is 26.5 Å². The van der Waals surface area contributed by atoms with Crippen molar-refractivity contribution in [1.29, 1.82) is 0 Å². The van der Waals surface area contributed by atoms with Gasteiger partial charge in [0.15, 0.2) is 32.1 Å². The molecule has 0 saturated carbocycles. The van der Waals surface area contributed by atoms with Gasteiger partial charge in [0.1, 0.15) is 5.82 Å². The fourth-order valence-corrected chi connectivity index (χ4v) is 6.01. The van der Waals surface area contributed by atoms with Crippen molar-refractivity contribution < 1.29 is 9.59 Å². The van der Waals surface area contributed by atoms with Gasteiger partial charge >= 0.3 is 0 Å². The minimum Gasteiger partial charge on any atom is -0.288 e. The predicted molar refractivity (Wildman–Crippen MR) is 138 cm³/mol. The van der Waals surface area contributed by atoms with E-state index in [1.165, 1.54) is 22.7 Å². The molecule has 8 heteroatoms. The lowest BCUT2D eigenvalue weighted by Crippen LogP contribution is -2.04. The van der Waals surface area contributed by atoms with Crippen molar-refractivity contribution in [2.45, 2.75) is 0 Å². The first kappa shape index (κ1) is 20.1. The third-order valence-electron chi connectivity index (χ3n) is 6.02. The molecular formula is C27H14N4O2S2. The van der Waals surface area contributed by atoms with Crippen molar-refractivity contribution in [3.8, 4) is 15.7 Å². The highest BCUT2D eigenvalue weighted by molar-refractivity contribution is 7.24. The molecule has 0 amide bonds. The second-order valence-corrected chi connectivity index (χ2v) is 9.96. The number of fused-ring (bicyclic) bond motifs is 3. The second kappa shape index (κ2) is 7.63. The van der Waals surface area contributed by atoms with E-state index in [1.54, 1.807) is 24.4 Å². The fraction of sp³-hybridized carbons (Fsp3) is 0. The van der Waals surface area contributed by atoms with E-state index in [9.17, 15) is 9.59 Å². The molecule has 3 aromatic heterocycles. The molecule has 0 radical (unpaired) electrons. The Bertz CT molecular complexity index is 1770. The molecular weight excluding hydrogens is 476 g/mol. The van der Waals surface area contributed by atoms with E-state index in [0.29, 0.717) is 27.4 Å². The summed E-state index contributed by atoms with van der Waals surface area (Å²) < 4.78 is 1.88. The number of benzene rings is 3. The molecule has 6 nitrogen and oxygen atoms in total. The molecule has 7 rings (SSSR count). The molecule has 0 aliphatic heterocycles. The van der Waals surface area contributed by atoms with Gasteiger partial charge in [-0.15, -0.1) is 11.3 Å². The average molecular weight is 491 g/mol. The average Bonchev–Trinajstić information content (AvgIpc) is 3.65. The maximum atomic E-state index is 13.3. The first-order valence-corrected chi connectivity index (χ1v) is 12.6. The van der Waals surface area contributed by atoms with Crippen LogP contribution in [0.4, 0.5) is 0 Å². The zero-order valence-corrected chi connectivity index (χ0v) is 19.6. The summed E-state index contributed by atoms with van der Waals surface area (Å²) in [7, 11) is 0. The molecule has 0 N–H and O–H groups in total. The number of rotatable bonds is 3. The molecule has 0 unspecified atom stereocenters. The molecule has 0 atom stereocenters. The standard InChI is InChI=1S/C27H14N4O2S2/c32-22-18-12-15-6-4-5-7-16(15)13-19(18)23(33)20(22)14-21-29-25-24(31(21)17-8-2-1-3-9-17)30-27(35-25)26-28-10-11-34-26/h1-14H. The summed E-state index contributed by atoms with van der Waals surface area (Å²) >= 11 is 2.96. The molecule has 35 heavy (non-hydrogen) atoms. The summed E-state index contributed by atoms with van der Waals surface area (Å²) in [4.78, 5) is 41.3. The normalized spacial score (nSPS) is 13.2. The number of para-hydroxylation sites is 1. The van der Waals surface area contributed by atoms with Crippen molar-refractivity contribution in [2.24, 2.45) is 0 Å².